The van der Waals surface area contributed by atoms with Crippen LogP contribution in [-0.4, -0.2) is 45.7 Å². The lowest BCUT2D eigenvalue weighted by molar-refractivity contribution is 1.14. The third-order valence-corrected chi connectivity index (χ3v) is 5.48. The maximum atomic E-state index is 7.94. The van der Waals surface area contributed by atoms with Gasteiger partial charge in [-0.15, -0.1) is 49.6 Å². The maximum absolute atomic E-state index is 7.94. The van der Waals surface area contributed by atoms with Gasteiger partial charge in [-0.05, 0) is 36.4 Å². The van der Waals surface area contributed by atoms with E-state index in [4.69, 9.17) is 20.8 Å². The molecule has 0 spiro atoms. The van der Waals surface area contributed by atoms with Gasteiger partial charge in [0.2, 0.25) is 0 Å². The zero-order chi connectivity index (χ0) is 22.2. The molecular formula is C24H26Cl4N8. The van der Waals surface area contributed by atoms with Gasteiger partial charge in [0.05, 0.1) is 22.1 Å². The van der Waals surface area contributed by atoms with Crippen LogP contribution in [0.2, 0.25) is 0 Å². The standard InChI is InChI=1S/C24H22N8.4ClH/c1-27-21(25)15-7-9-17-19(11-15)31-23(29-17)13-3-5-14(6-4-13)24-30-18-10-8-16(22(26)28-2)12-20(18)32-24;;;;/h3-12H,1-2H3,(H2,25,27)(H2,26,28)(H,29,31)(H,30,32);4*1H. The Balaban J connectivity index is 0.00000162. The molecule has 0 saturated carbocycles. The van der Waals surface area contributed by atoms with E-state index < -0.39 is 0 Å². The number of hydrogen-bond donors (Lipinski definition) is 6. The molecule has 3 aromatic carbocycles. The third-order valence-electron chi connectivity index (χ3n) is 5.48. The Labute approximate surface area is 232 Å². The topological polar surface area (TPSA) is 129 Å². The van der Waals surface area contributed by atoms with E-state index in [2.05, 4.69) is 20.6 Å². The van der Waals surface area contributed by atoms with Crippen molar-refractivity contribution in [3.63, 3.8) is 0 Å². The Morgan fingerprint density at radius 1 is 0.611 bits per heavy atom. The smallest absolute Gasteiger partial charge is 0.138 e. The fraction of sp³-hybridized carbons (Fsp3) is 0.0833. The molecule has 0 bridgehead atoms. The molecule has 0 aliphatic carbocycles. The first-order chi connectivity index (χ1) is 15.6. The fourth-order valence-corrected chi connectivity index (χ4v) is 3.67. The molecule has 5 rings (SSSR count). The number of nitrogens with one attached hydrogen (secondary N) is 6. The molecule has 0 atom stereocenters. The molecule has 6 N–H and O–H groups in total. The number of benzene rings is 3. The summed E-state index contributed by atoms with van der Waals surface area (Å²) < 4.78 is 0. The lowest BCUT2D eigenvalue weighted by Crippen LogP contribution is -2.17. The molecule has 0 fully saturated rings. The van der Waals surface area contributed by atoms with E-state index in [1.807, 2.05) is 60.7 Å². The van der Waals surface area contributed by atoms with Crippen molar-refractivity contribution in [3.05, 3.63) is 71.8 Å². The van der Waals surface area contributed by atoms with Crippen LogP contribution < -0.4 is 10.6 Å². The highest BCUT2D eigenvalue weighted by Crippen LogP contribution is 2.26. The van der Waals surface area contributed by atoms with Crippen LogP contribution in [0.15, 0.2) is 60.7 Å². The molecule has 0 saturated heterocycles. The highest BCUT2D eigenvalue weighted by Gasteiger charge is 2.10. The van der Waals surface area contributed by atoms with Gasteiger partial charge in [0.1, 0.15) is 23.3 Å². The van der Waals surface area contributed by atoms with E-state index in [1.165, 1.54) is 0 Å². The zero-order valence-corrected chi connectivity index (χ0v) is 22.6. The second-order valence-electron chi connectivity index (χ2n) is 7.46. The Hall–Kier alpha value is -3.30. The van der Waals surface area contributed by atoms with Gasteiger partial charge in [-0.3, -0.25) is 10.8 Å². The minimum absolute atomic E-state index is 0. The van der Waals surface area contributed by atoms with E-state index in [9.17, 15) is 0 Å². The summed E-state index contributed by atoms with van der Waals surface area (Å²) in [5, 5.41) is 21.6. The number of amidine groups is 2. The van der Waals surface area contributed by atoms with Crippen molar-refractivity contribution < 1.29 is 0 Å². The first-order valence-electron chi connectivity index (χ1n) is 10.2. The van der Waals surface area contributed by atoms with E-state index in [0.29, 0.717) is 11.7 Å². The quantitative estimate of drug-likeness (QED) is 0.126. The minimum atomic E-state index is 0. The summed E-state index contributed by atoms with van der Waals surface area (Å²) in [4.78, 5) is 16.1. The average molecular weight is 568 g/mol. The third kappa shape index (κ3) is 5.74. The zero-order valence-electron chi connectivity index (χ0n) is 19.3. The molecule has 0 radical (unpaired) electrons. The van der Waals surface area contributed by atoms with Crippen LogP contribution in [-0.2, 0) is 0 Å². The van der Waals surface area contributed by atoms with Crippen molar-refractivity contribution in [2.24, 2.45) is 0 Å². The number of aromatic amines is 2. The number of H-pyrrole nitrogens is 2. The lowest BCUT2D eigenvalue weighted by atomic mass is 10.1. The molecule has 190 valence electrons. The molecule has 0 aliphatic heterocycles. The predicted octanol–water partition coefficient (Wildman–Crippen LogP) is 5.55. The highest BCUT2D eigenvalue weighted by atomic mass is 35.5. The van der Waals surface area contributed by atoms with Gasteiger partial charge in [0.15, 0.2) is 0 Å². The summed E-state index contributed by atoms with van der Waals surface area (Å²) in [5.74, 6) is 2.28. The summed E-state index contributed by atoms with van der Waals surface area (Å²) >= 11 is 0. The number of halogens is 4. The predicted molar refractivity (Wildman–Crippen MR) is 157 cm³/mol. The monoisotopic (exact) mass is 566 g/mol. The Morgan fingerprint density at radius 3 is 1.31 bits per heavy atom. The van der Waals surface area contributed by atoms with Crippen LogP contribution in [0, 0.1) is 10.8 Å². The van der Waals surface area contributed by atoms with Crippen LogP contribution in [0.1, 0.15) is 11.1 Å². The number of fused-ring (bicyclic) bond motifs is 2. The molecule has 12 heteroatoms. The molecule has 2 aromatic heterocycles. The van der Waals surface area contributed by atoms with Crippen molar-refractivity contribution in [1.82, 2.24) is 30.6 Å². The molecular weight excluding hydrogens is 542 g/mol. The van der Waals surface area contributed by atoms with E-state index in [0.717, 1.165) is 56.0 Å². The normalized spacial score (nSPS) is 9.83. The molecule has 5 aromatic rings. The molecule has 2 heterocycles. The van der Waals surface area contributed by atoms with Crippen molar-refractivity contribution in [2.75, 3.05) is 14.1 Å². The summed E-state index contributed by atoms with van der Waals surface area (Å²) in [7, 11) is 3.47. The molecule has 0 aliphatic rings. The molecule has 36 heavy (non-hydrogen) atoms. The van der Waals surface area contributed by atoms with E-state index in [1.54, 1.807) is 14.1 Å². The highest BCUT2D eigenvalue weighted by molar-refractivity contribution is 6.00. The fourth-order valence-electron chi connectivity index (χ4n) is 3.67. The van der Waals surface area contributed by atoms with Gasteiger partial charge < -0.3 is 20.6 Å². The van der Waals surface area contributed by atoms with E-state index in [-0.39, 0.29) is 49.6 Å². The van der Waals surface area contributed by atoms with Gasteiger partial charge in [-0.2, -0.15) is 0 Å². The number of rotatable bonds is 4. The van der Waals surface area contributed by atoms with Crippen LogP contribution in [0.25, 0.3) is 44.8 Å². The largest absolute Gasteiger partial charge is 0.373 e. The maximum Gasteiger partial charge on any atom is 0.138 e. The van der Waals surface area contributed by atoms with Crippen LogP contribution in [0.3, 0.4) is 0 Å². The lowest BCUT2D eigenvalue weighted by Gasteiger charge is -2.01. The van der Waals surface area contributed by atoms with Gasteiger partial charge in [0.25, 0.3) is 0 Å². The van der Waals surface area contributed by atoms with Crippen molar-refractivity contribution in [1.29, 1.82) is 10.8 Å². The first kappa shape index (κ1) is 30.7. The second-order valence-corrected chi connectivity index (χ2v) is 7.46. The summed E-state index contributed by atoms with van der Waals surface area (Å²) in [6.45, 7) is 0. The van der Waals surface area contributed by atoms with Crippen molar-refractivity contribution in [3.8, 4) is 22.8 Å². The SMILES string of the molecule is CNC(=N)c1ccc2[nH]c(-c3ccc(-c4nc5cc(C(=N)NC)ccc5[nH]4)cc3)nc2c1.Cl.Cl.Cl.Cl. The number of hydrogen-bond acceptors (Lipinski definition) is 4. The Bertz CT molecular complexity index is 1380. The summed E-state index contributed by atoms with van der Waals surface area (Å²) in [5.41, 5.74) is 7.03. The molecule has 0 unspecified atom stereocenters. The molecule has 8 nitrogen and oxygen atoms in total. The van der Waals surface area contributed by atoms with Gasteiger partial charge in [-0.25, -0.2) is 9.97 Å². The summed E-state index contributed by atoms with van der Waals surface area (Å²) in [6.07, 6.45) is 0. The Kier molecular flexibility index (Phi) is 10.8. The van der Waals surface area contributed by atoms with Crippen molar-refractivity contribution in [2.45, 2.75) is 0 Å². The number of nitrogens with zero attached hydrogens (tertiary/aromatic N) is 2. The Morgan fingerprint density at radius 2 is 0.972 bits per heavy atom. The van der Waals surface area contributed by atoms with Crippen molar-refractivity contribution >= 4 is 83.4 Å². The average Bonchev–Trinajstić information content (AvgIpc) is 3.46. The van der Waals surface area contributed by atoms with Crippen LogP contribution in [0.4, 0.5) is 0 Å². The molecule has 0 amide bonds. The van der Waals surface area contributed by atoms with Gasteiger partial charge in [0, 0.05) is 36.3 Å². The summed E-state index contributed by atoms with van der Waals surface area (Å²) in [6, 6.07) is 19.5. The number of imidazole rings is 2. The second kappa shape index (κ2) is 12.6. The number of aromatic nitrogens is 4. The first-order valence-corrected chi connectivity index (χ1v) is 10.2. The van der Waals surface area contributed by atoms with Gasteiger partial charge >= 0.3 is 0 Å². The minimum Gasteiger partial charge on any atom is -0.373 e. The van der Waals surface area contributed by atoms with Crippen LogP contribution in [0.5, 0.6) is 0 Å². The van der Waals surface area contributed by atoms with E-state index >= 15 is 0 Å². The van der Waals surface area contributed by atoms with Crippen LogP contribution >= 0.6 is 49.6 Å². The van der Waals surface area contributed by atoms with Gasteiger partial charge in [-0.1, -0.05) is 24.3 Å².